The Labute approximate surface area is 394 Å². The van der Waals surface area contributed by atoms with Gasteiger partial charge in [0.2, 0.25) is 0 Å². The molecular formula is C62H53N5. The number of rotatable bonds is 11. The maximum atomic E-state index is 5.22. The Balaban J connectivity index is 0.948. The molecule has 0 atom stereocenters. The average Bonchev–Trinajstić information content (AvgIpc) is 3.42. The summed E-state index contributed by atoms with van der Waals surface area (Å²) < 4.78 is 0. The van der Waals surface area contributed by atoms with Crippen LogP contribution in [0.3, 0.4) is 0 Å². The van der Waals surface area contributed by atoms with Crippen LogP contribution in [0.5, 0.6) is 0 Å². The molecule has 0 saturated heterocycles. The van der Waals surface area contributed by atoms with Gasteiger partial charge in [0.1, 0.15) is 0 Å². The second kappa shape index (κ2) is 19.7. The zero-order valence-corrected chi connectivity index (χ0v) is 38.0. The molecule has 0 radical (unpaired) electrons. The van der Waals surface area contributed by atoms with E-state index >= 15 is 0 Å². The van der Waals surface area contributed by atoms with E-state index in [9.17, 15) is 0 Å². The number of hydrogen-bond donors (Lipinski definition) is 0. The van der Waals surface area contributed by atoms with Crippen LogP contribution in [0.15, 0.2) is 234 Å². The molecule has 5 nitrogen and oxygen atoms in total. The molecule has 0 N–H and O–H groups in total. The molecule has 5 heteroatoms. The van der Waals surface area contributed by atoms with Crippen LogP contribution in [0.4, 0.5) is 0 Å². The first-order valence-corrected chi connectivity index (χ1v) is 23.5. The summed E-state index contributed by atoms with van der Waals surface area (Å²) in [6.07, 6.45) is 14.3. The van der Waals surface area contributed by atoms with Crippen molar-refractivity contribution >= 4 is 11.5 Å². The van der Waals surface area contributed by atoms with E-state index in [1.54, 1.807) is 0 Å². The molecule has 1 fully saturated rings. The SMILES string of the molecule is C=C(N=C(N=C(C)c1ccc(C2(c3ccc(-c4nc(-c5ccccc5)nc(-c5ccc(-c6ccccc6)cc5)n4)cc3)CCCCC2)cc1)c1ccc(-c2ccccc2)cc1)C1=CCCC=C1. The fraction of sp³-hybridized carbons (Fsp3) is 0.145. The van der Waals surface area contributed by atoms with Crippen LogP contribution >= 0.6 is 0 Å². The van der Waals surface area contributed by atoms with Crippen molar-refractivity contribution in [3.63, 3.8) is 0 Å². The molecule has 67 heavy (non-hydrogen) atoms. The average molecular weight is 868 g/mol. The fourth-order valence-corrected chi connectivity index (χ4v) is 9.50. The van der Waals surface area contributed by atoms with Gasteiger partial charge in [0.25, 0.3) is 0 Å². The Morgan fingerprint density at radius 2 is 0.866 bits per heavy atom. The van der Waals surface area contributed by atoms with Gasteiger partial charge in [0.05, 0.1) is 5.70 Å². The standard InChI is InChI=1S/C62H53N5/c1-44(46-18-8-3-9-19-46)63-58(53-30-26-50(27-31-53)48-20-10-4-11-21-48)64-45(2)47-34-38-56(39-35-47)62(42-16-7-17-43-62)57-40-36-55(37-41-57)61-66-59(52-24-14-6-15-25-52)65-60(67-61)54-32-28-51(29-33-54)49-22-12-5-13-23-49/h4-6,8,10-15,18-41H,1,3,7,9,16-17,42-43H2,2H3. The van der Waals surface area contributed by atoms with Crippen molar-refractivity contribution in [2.24, 2.45) is 9.98 Å². The molecule has 7 aromatic carbocycles. The number of allylic oxidation sites excluding steroid dienone is 3. The molecule has 2 aliphatic carbocycles. The normalized spacial score (nSPS) is 14.9. The van der Waals surface area contributed by atoms with E-state index in [0.717, 1.165) is 81.6 Å². The van der Waals surface area contributed by atoms with Gasteiger partial charge in [-0.3, -0.25) is 0 Å². The molecule has 0 amide bonds. The summed E-state index contributed by atoms with van der Waals surface area (Å²) in [6.45, 7) is 6.45. The lowest BCUT2D eigenvalue weighted by atomic mass is 9.65. The third-order valence-corrected chi connectivity index (χ3v) is 13.3. The van der Waals surface area contributed by atoms with Crippen LogP contribution < -0.4 is 0 Å². The number of nitrogens with zero attached hydrogens (tertiary/aromatic N) is 5. The molecule has 8 aromatic rings. The van der Waals surface area contributed by atoms with Gasteiger partial charge in [0.15, 0.2) is 23.3 Å². The quantitative estimate of drug-likeness (QED) is 0.0961. The zero-order chi connectivity index (χ0) is 45.4. The monoisotopic (exact) mass is 867 g/mol. The summed E-state index contributed by atoms with van der Waals surface area (Å²) in [5.41, 5.74) is 14.8. The van der Waals surface area contributed by atoms with Crippen molar-refractivity contribution in [3.05, 3.63) is 246 Å². The molecule has 326 valence electrons. The number of hydrogen-bond acceptors (Lipinski definition) is 4. The van der Waals surface area contributed by atoms with E-state index < -0.39 is 0 Å². The number of amidine groups is 1. The first-order chi connectivity index (χ1) is 33.0. The van der Waals surface area contributed by atoms with E-state index in [1.165, 1.54) is 41.5 Å². The predicted octanol–water partition coefficient (Wildman–Crippen LogP) is 15.5. The van der Waals surface area contributed by atoms with Crippen LogP contribution in [0, 0.1) is 0 Å². The minimum atomic E-state index is -0.105. The highest BCUT2D eigenvalue weighted by atomic mass is 15.0. The van der Waals surface area contributed by atoms with Gasteiger partial charge in [-0.05, 0) is 77.1 Å². The van der Waals surface area contributed by atoms with E-state index in [1.807, 2.05) is 30.3 Å². The third-order valence-electron chi connectivity index (χ3n) is 13.3. The molecular weight excluding hydrogens is 815 g/mol. The van der Waals surface area contributed by atoms with Crippen LogP contribution in [0.2, 0.25) is 0 Å². The van der Waals surface area contributed by atoms with E-state index in [0.29, 0.717) is 23.3 Å². The summed E-state index contributed by atoms with van der Waals surface area (Å²) in [6, 6.07) is 66.2. The maximum absolute atomic E-state index is 5.22. The highest BCUT2D eigenvalue weighted by Crippen LogP contribution is 2.45. The Kier molecular flexibility index (Phi) is 12.6. The Morgan fingerprint density at radius 1 is 0.448 bits per heavy atom. The smallest absolute Gasteiger partial charge is 0.164 e. The third kappa shape index (κ3) is 9.59. The molecule has 0 unspecified atom stereocenters. The summed E-state index contributed by atoms with van der Waals surface area (Å²) in [7, 11) is 0. The molecule has 1 heterocycles. The van der Waals surface area contributed by atoms with Crippen molar-refractivity contribution in [3.8, 4) is 56.4 Å². The second-order valence-corrected chi connectivity index (χ2v) is 17.6. The molecule has 1 aromatic heterocycles. The summed E-state index contributed by atoms with van der Waals surface area (Å²) in [5.74, 6) is 2.61. The minimum Gasteiger partial charge on any atom is -0.233 e. The van der Waals surface area contributed by atoms with Gasteiger partial charge in [-0.1, -0.05) is 232 Å². The topological polar surface area (TPSA) is 63.4 Å². The fourth-order valence-electron chi connectivity index (χ4n) is 9.50. The second-order valence-electron chi connectivity index (χ2n) is 17.6. The van der Waals surface area contributed by atoms with Gasteiger partial charge >= 0.3 is 0 Å². The highest BCUT2D eigenvalue weighted by molar-refractivity contribution is 6.12. The molecule has 1 saturated carbocycles. The van der Waals surface area contributed by atoms with Gasteiger partial charge in [-0.15, -0.1) is 0 Å². The first-order valence-electron chi connectivity index (χ1n) is 23.5. The van der Waals surface area contributed by atoms with E-state index in [-0.39, 0.29) is 5.41 Å². The molecule has 0 spiro atoms. The molecule has 0 aliphatic heterocycles. The van der Waals surface area contributed by atoms with Crippen molar-refractivity contribution in [2.75, 3.05) is 0 Å². The van der Waals surface area contributed by atoms with Crippen LogP contribution in [-0.2, 0) is 5.41 Å². The molecule has 10 rings (SSSR count). The first kappa shape index (κ1) is 43.0. The lowest BCUT2D eigenvalue weighted by molar-refractivity contribution is 0.346. The van der Waals surface area contributed by atoms with Crippen molar-refractivity contribution < 1.29 is 0 Å². The minimum absolute atomic E-state index is 0.105. The summed E-state index contributed by atoms with van der Waals surface area (Å²) >= 11 is 0. The zero-order valence-electron chi connectivity index (χ0n) is 38.0. The van der Waals surface area contributed by atoms with Crippen molar-refractivity contribution in [1.82, 2.24) is 15.0 Å². The van der Waals surface area contributed by atoms with Gasteiger partial charge in [-0.2, -0.15) is 0 Å². The van der Waals surface area contributed by atoms with Crippen LogP contribution in [-0.4, -0.2) is 26.5 Å². The molecule has 0 bridgehead atoms. The molecule has 2 aliphatic rings. The summed E-state index contributed by atoms with van der Waals surface area (Å²) in [5, 5.41) is 0. The van der Waals surface area contributed by atoms with E-state index in [2.05, 4.69) is 189 Å². The van der Waals surface area contributed by atoms with Gasteiger partial charge < -0.3 is 0 Å². The Morgan fingerprint density at radius 3 is 1.37 bits per heavy atom. The lowest BCUT2D eigenvalue weighted by Gasteiger charge is -2.39. The Hall–Kier alpha value is -7.89. The lowest BCUT2D eigenvalue weighted by Crippen LogP contribution is -2.30. The van der Waals surface area contributed by atoms with Crippen molar-refractivity contribution in [1.29, 1.82) is 0 Å². The largest absolute Gasteiger partial charge is 0.233 e. The Bertz CT molecular complexity index is 3100. The number of aliphatic imine (C=N–C) groups is 2. The maximum Gasteiger partial charge on any atom is 0.164 e. The highest BCUT2D eigenvalue weighted by Gasteiger charge is 2.35. The number of aromatic nitrogens is 3. The van der Waals surface area contributed by atoms with Crippen molar-refractivity contribution in [2.45, 2.75) is 57.3 Å². The van der Waals surface area contributed by atoms with E-state index in [4.69, 9.17) is 24.9 Å². The summed E-state index contributed by atoms with van der Waals surface area (Å²) in [4.78, 5) is 25.4. The predicted molar refractivity (Wildman–Crippen MR) is 278 cm³/mol. The van der Waals surface area contributed by atoms with Crippen LogP contribution in [0.1, 0.15) is 74.1 Å². The number of benzene rings is 7. The van der Waals surface area contributed by atoms with Gasteiger partial charge in [-0.25, -0.2) is 24.9 Å². The van der Waals surface area contributed by atoms with Gasteiger partial charge in [0, 0.05) is 33.4 Å². The van der Waals surface area contributed by atoms with Crippen LogP contribution in [0.25, 0.3) is 56.4 Å².